The van der Waals surface area contributed by atoms with Crippen molar-refractivity contribution in [3.05, 3.63) is 36.3 Å². The smallest absolute Gasteiger partial charge is 0.407 e. The normalized spacial score (nSPS) is 20.4. The van der Waals surface area contributed by atoms with Crippen LogP contribution < -0.4 is 4.74 Å². The molecule has 6 heteroatoms. The van der Waals surface area contributed by atoms with Crippen LogP contribution in [0.2, 0.25) is 0 Å². The minimum atomic E-state index is -0.869. The number of para-hydroxylation sites is 1. The Kier molecular flexibility index (Phi) is 5.53. The Morgan fingerprint density at radius 1 is 1.26 bits per heavy atom. The maximum atomic E-state index is 13.9. The largest absolute Gasteiger partial charge is 0.490 e. The van der Waals surface area contributed by atoms with Crippen molar-refractivity contribution in [1.29, 1.82) is 0 Å². The van der Waals surface area contributed by atoms with Crippen LogP contribution in [0.1, 0.15) is 46.5 Å². The molecular weight excluding hydrogens is 347 g/mol. The molecule has 1 aromatic heterocycles. The number of benzene rings is 1. The van der Waals surface area contributed by atoms with Gasteiger partial charge in [0.2, 0.25) is 0 Å². The van der Waals surface area contributed by atoms with E-state index in [1.807, 2.05) is 26.8 Å². The highest BCUT2D eigenvalue weighted by molar-refractivity contribution is 5.85. The molecule has 1 N–H and O–H groups in total. The number of rotatable bonds is 4. The van der Waals surface area contributed by atoms with Crippen LogP contribution in [0.15, 0.2) is 30.5 Å². The van der Waals surface area contributed by atoms with Gasteiger partial charge in [0.1, 0.15) is 17.1 Å². The fraction of sp³-hybridized carbons (Fsp3) is 0.524. The number of ether oxygens (including phenoxy) is 1. The quantitative estimate of drug-likeness (QED) is 0.810. The average Bonchev–Trinajstić information content (AvgIpc) is 2.60. The van der Waals surface area contributed by atoms with E-state index in [0.717, 1.165) is 25.7 Å². The van der Waals surface area contributed by atoms with Gasteiger partial charge in [0, 0.05) is 23.7 Å². The Morgan fingerprint density at radius 2 is 1.96 bits per heavy atom. The standard InChI is InChI=1S/C21H27FN2O3/c1-21(2,3)24(20(25)26)13-14-7-9-15(10-8-14)27-18-11-12-23-19-16(18)5-4-6-17(19)22/h4-6,11-12,14-15H,7-10,13H2,1-3H3,(H,25,26). The number of hydrogen-bond acceptors (Lipinski definition) is 3. The summed E-state index contributed by atoms with van der Waals surface area (Å²) < 4.78 is 20.1. The van der Waals surface area contributed by atoms with Gasteiger partial charge in [0.05, 0.1) is 6.10 Å². The molecule has 0 atom stereocenters. The maximum Gasteiger partial charge on any atom is 0.407 e. The Hall–Kier alpha value is -2.37. The van der Waals surface area contributed by atoms with Gasteiger partial charge in [-0.05, 0) is 70.6 Å². The lowest BCUT2D eigenvalue weighted by Gasteiger charge is -2.38. The zero-order valence-corrected chi connectivity index (χ0v) is 16.1. The number of aromatic nitrogens is 1. The van der Waals surface area contributed by atoms with Gasteiger partial charge < -0.3 is 14.7 Å². The molecule has 1 saturated carbocycles. The molecule has 0 unspecified atom stereocenters. The van der Waals surface area contributed by atoms with Crippen LogP contribution in [0.3, 0.4) is 0 Å². The first kappa shape index (κ1) is 19.4. The molecule has 1 amide bonds. The van der Waals surface area contributed by atoms with Crippen LogP contribution >= 0.6 is 0 Å². The number of fused-ring (bicyclic) bond motifs is 1. The van der Waals surface area contributed by atoms with E-state index >= 15 is 0 Å². The van der Waals surface area contributed by atoms with Crippen molar-refractivity contribution >= 4 is 17.0 Å². The molecule has 1 heterocycles. The van der Waals surface area contributed by atoms with Crippen molar-refractivity contribution in [2.45, 2.75) is 58.1 Å². The molecule has 2 aromatic rings. The molecule has 0 aliphatic heterocycles. The molecule has 1 aliphatic rings. The van der Waals surface area contributed by atoms with E-state index in [1.54, 1.807) is 18.3 Å². The molecule has 0 spiro atoms. The van der Waals surface area contributed by atoms with E-state index in [-0.39, 0.29) is 11.9 Å². The number of pyridine rings is 1. The van der Waals surface area contributed by atoms with Crippen molar-refractivity contribution in [2.75, 3.05) is 6.54 Å². The van der Waals surface area contributed by atoms with Crippen LogP contribution in [0.25, 0.3) is 10.9 Å². The third kappa shape index (κ3) is 4.49. The SMILES string of the molecule is CC(C)(C)N(CC1CCC(Oc2ccnc3c(F)cccc23)CC1)C(=O)O. The first-order valence-electron chi connectivity index (χ1n) is 9.46. The highest BCUT2D eigenvalue weighted by Crippen LogP contribution is 2.32. The maximum absolute atomic E-state index is 13.9. The molecular formula is C21H27FN2O3. The number of carboxylic acid groups (broad SMARTS) is 1. The van der Waals surface area contributed by atoms with E-state index in [4.69, 9.17) is 4.74 Å². The molecule has 146 valence electrons. The van der Waals surface area contributed by atoms with Gasteiger partial charge in [0.25, 0.3) is 0 Å². The highest BCUT2D eigenvalue weighted by atomic mass is 19.1. The first-order chi connectivity index (χ1) is 12.8. The van der Waals surface area contributed by atoms with Gasteiger partial charge in [-0.25, -0.2) is 9.18 Å². The van der Waals surface area contributed by atoms with E-state index in [0.29, 0.717) is 29.1 Å². The first-order valence-corrected chi connectivity index (χ1v) is 9.46. The average molecular weight is 374 g/mol. The Morgan fingerprint density at radius 3 is 2.59 bits per heavy atom. The molecule has 3 rings (SSSR count). The molecule has 0 radical (unpaired) electrons. The molecule has 1 aliphatic carbocycles. The topological polar surface area (TPSA) is 62.7 Å². The molecule has 1 fully saturated rings. The van der Waals surface area contributed by atoms with Crippen LogP contribution in [-0.2, 0) is 0 Å². The number of carbonyl (C=O) groups is 1. The molecule has 5 nitrogen and oxygen atoms in total. The molecule has 0 saturated heterocycles. The van der Waals surface area contributed by atoms with Crippen LogP contribution in [-0.4, -0.2) is 39.3 Å². The monoisotopic (exact) mass is 374 g/mol. The predicted octanol–water partition coefficient (Wildman–Crippen LogP) is 5.09. The number of halogens is 1. The Bertz CT molecular complexity index is 811. The summed E-state index contributed by atoms with van der Waals surface area (Å²) in [6, 6.07) is 6.66. The third-order valence-electron chi connectivity index (χ3n) is 5.25. The van der Waals surface area contributed by atoms with Gasteiger partial charge in [-0.15, -0.1) is 0 Å². The van der Waals surface area contributed by atoms with E-state index in [2.05, 4.69) is 4.98 Å². The molecule has 27 heavy (non-hydrogen) atoms. The summed E-state index contributed by atoms with van der Waals surface area (Å²) in [7, 11) is 0. The molecule has 1 aromatic carbocycles. The lowest BCUT2D eigenvalue weighted by molar-refractivity contribution is 0.0695. The lowest BCUT2D eigenvalue weighted by atomic mass is 9.86. The lowest BCUT2D eigenvalue weighted by Crippen LogP contribution is -2.48. The summed E-state index contributed by atoms with van der Waals surface area (Å²) in [5.41, 5.74) is -0.0786. The van der Waals surface area contributed by atoms with Crippen molar-refractivity contribution < 1.29 is 19.0 Å². The van der Waals surface area contributed by atoms with Crippen LogP contribution in [0.5, 0.6) is 5.75 Å². The second kappa shape index (κ2) is 7.71. The third-order valence-corrected chi connectivity index (χ3v) is 5.25. The summed E-state index contributed by atoms with van der Waals surface area (Å²) in [6.45, 7) is 6.31. The summed E-state index contributed by atoms with van der Waals surface area (Å²) >= 11 is 0. The van der Waals surface area contributed by atoms with Crippen molar-refractivity contribution in [2.24, 2.45) is 5.92 Å². The summed E-state index contributed by atoms with van der Waals surface area (Å²) in [4.78, 5) is 17.2. The van der Waals surface area contributed by atoms with Gasteiger partial charge in [-0.3, -0.25) is 4.98 Å². The minimum Gasteiger partial charge on any atom is -0.490 e. The van der Waals surface area contributed by atoms with Crippen LogP contribution in [0, 0.1) is 11.7 Å². The van der Waals surface area contributed by atoms with Gasteiger partial charge >= 0.3 is 6.09 Å². The predicted molar refractivity (Wildman–Crippen MR) is 103 cm³/mol. The Labute approximate surface area is 159 Å². The number of nitrogens with zero attached hydrogens (tertiary/aromatic N) is 2. The summed E-state index contributed by atoms with van der Waals surface area (Å²) in [6.07, 6.45) is 4.32. The second-order valence-electron chi connectivity index (χ2n) is 8.27. The fourth-order valence-corrected chi connectivity index (χ4v) is 3.73. The summed E-state index contributed by atoms with van der Waals surface area (Å²) in [5, 5.41) is 10.2. The zero-order valence-electron chi connectivity index (χ0n) is 16.1. The number of hydrogen-bond donors (Lipinski definition) is 1. The van der Waals surface area contributed by atoms with Gasteiger partial charge in [0.15, 0.2) is 0 Å². The van der Waals surface area contributed by atoms with Crippen LogP contribution in [0.4, 0.5) is 9.18 Å². The fourth-order valence-electron chi connectivity index (χ4n) is 3.73. The van der Waals surface area contributed by atoms with Crippen molar-refractivity contribution in [1.82, 2.24) is 9.88 Å². The second-order valence-corrected chi connectivity index (χ2v) is 8.27. The Balaban J connectivity index is 1.62. The van der Waals surface area contributed by atoms with Crippen molar-refractivity contribution in [3.8, 4) is 5.75 Å². The summed E-state index contributed by atoms with van der Waals surface area (Å²) in [5.74, 6) is 0.647. The van der Waals surface area contributed by atoms with Gasteiger partial charge in [-0.1, -0.05) is 6.07 Å². The minimum absolute atomic E-state index is 0.0584. The van der Waals surface area contributed by atoms with E-state index in [1.165, 1.54) is 11.0 Å². The molecule has 0 bridgehead atoms. The van der Waals surface area contributed by atoms with E-state index < -0.39 is 11.6 Å². The zero-order chi connectivity index (χ0) is 19.6. The van der Waals surface area contributed by atoms with Gasteiger partial charge in [-0.2, -0.15) is 0 Å². The van der Waals surface area contributed by atoms with E-state index in [9.17, 15) is 14.3 Å². The highest BCUT2D eigenvalue weighted by Gasteiger charge is 2.31. The van der Waals surface area contributed by atoms with Crippen molar-refractivity contribution in [3.63, 3.8) is 0 Å². The number of amides is 1.